The molecule has 2 heterocycles. The van der Waals surface area contributed by atoms with Gasteiger partial charge in [0.05, 0.1) is 19.1 Å². The Morgan fingerprint density at radius 1 is 1.27 bits per heavy atom. The second kappa shape index (κ2) is 6.48. The zero-order valence-corrected chi connectivity index (χ0v) is 12.4. The fourth-order valence-corrected chi connectivity index (χ4v) is 3.10. The van der Waals surface area contributed by atoms with Crippen LogP contribution in [0.2, 0.25) is 0 Å². The maximum absolute atomic E-state index is 12.7. The summed E-state index contributed by atoms with van der Waals surface area (Å²) in [7, 11) is 0. The van der Waals surface area contributed by atoms with Crippen molar-refractivity contribution in [1.29, 1.82) is 0 Å². The third-order valence-electron chi connectivity index (χ3n) is 4.23. The average molecular weight is 308 g/mol. The number of carboxylic acid groups (broad SMARTS) is 1. The van der Waals surface area contributed by atoms with Gasteiger partial charge in [-0.1, -0.05) is 11.6 Å². The zero-order chi connectivity index (χ0) is 15.5. The molecule has 0 spiro atoms. The minimum atomic E-state index is -0.922. The van der Waals surface area contributed by atoms with E-state index >= 15 is 0 Å². The first-order valence-corrected chi connectivity index (χ1v) is 7.75. The van der Waals surface area contributed by atoms with Crippen LogP contribution >= 0.6 is 0 Å². The molecular formula is C15H20N2O5. The van der Waals surface area contributed by atoms with Crippen LogP contribution in [-0.4, -0.2) is 52.8 Å². The van der Waals surface area contributed by atoms with Crippen molar-refractivity contribution in [3.63, 3.8) is 0 Å². The molecule has 0 radical (unpaired) electrons. The molecule has 1 aliphatic carbocycles. The summed E-state index contributed by atoms with van der Waals surface area (Å²) in [5.74, 6) is -0.267. The summed E-state index contributed by atoms with van der Waals surface area (Å²) in [5, 5.41) is 12.8. The summed E-state index contributed by atoms with van der Waals surface area (Å²) in [6.45, 7) is 1.09. The van der Waals surface area contributed by atoms with E-state index in [0.29, 0.717) is 18.8 Å². The topological polar surface area (TPSA) is 92.9 Å². The van der Waals surface area contributed by atoms with Crippen molar-refractivity contribution in [3.8, 4) is 0 Å². The number of carbonyl (C=O) groups is 2. The molecule has 1 fully saturated rings. The minimum Gasteiger partial charge on any atom is -0.481 e. The van der Waals surface area contributed by atoms with Gasteiger partial charge in [0, 0.05) is 25.1 Å². The van der Waals surface area contributed by atoms with E-state index in [0.717, 1.165) is 43.4 Å². The van der Waals surface area contributed by atoms with Crippen molar-refractivity contribution in [2.45, 2.75) is 44.6 Å². The van der Waals surface area contributed by atoms with Crippen LogP contribution < -0.4 is 0 Å². The van der Waals surface area contributed by atoms with Crippen LogP contribution in [0.25, 0.3) is 0 Å². The highest BCUT2D eigenvalue weighted by atomic mass is 16.5. The summed E-state index contributed by atoms with van der Waals surface area (Å²) >= 11 is 0. The van der Waals surface area contributed by atoms with Crippen LogP contribution in [-0.2, 0) is 22.4 Å². The molecule has 1 atom stereocenters. The predicted octanol–water partition coefficient (Wildman–Crippen LogP) is 1.26. The summed E-state index contributed by atoms with van der Waals surface area (Å²) in [6.07, 6.45) is 4.34. The van der Waals surface area contributed by atoms with Crippen molar-refractivity contribution in [3.05, 3.63) is 17.0 Å². The van der Waals surface area contributed by atoms with E-state index in [1.54, 1.807) is 4.90 Å². The Kier molecular flexibility index (Phi) is 4.42. The van der Waals surface area contributed by atoms with Crippen molar-refractivity contribution in [2.75, 3.05) is 19.7 Å². The molecule has 120 valence electrons. The Labute approximate surface area is 128 Å². The first-order chi connectivity index (χ1) is 10.6. The lowest BCUT2D eigenvalue weighted by Gasteiger charge is -2.31. The van der Waals surface area contributed by atoms with E-state index in [2.05, 4.69) is 5.16 Å². The molecule has 0 aromatic carbocycles. The van der Waals surface area contributed by atoms with Gasteiger partial charge in [0.1, 0.15) is 5.76 Å². The summed E-state index contributed by atoms with van der Waals surface area (Å²) < 4.78 is 10.7. The molecule has 1 N–H and O–H groups in total. The van der Waals surface area contributed by atoms with Gasteiger partial charge in [0.15, 0.2) is 5.69 Å². The van der Waals surface area contributed by atoms with Crippen LogP contribution in [0.3, 0.4) is 0 Å². The number of aryl methyl sites for hydroxylation is 1. The van der Waals surface area contributed by atoms with Crippen LogP contribution in [0.5, 0.6) is 0 Å². The van der Waals surface area contributed by atoms with Crippen molar-refractivity contribution >= 4 is 11.9 Å². The SMILES string of the molecule is O=C(O)CC1CN(C(=O)c2noc3c2CCCCC3)CCO1. The number of nitrogens with zero attached hydrogens (tertiary/aromatic N) is 2. The summed E-state index contributed by atoms with van der Waals surface area (Å²) in [5.41, 5.74) is 1.33. The van der Waals surface area contributed by atoms with E-state index in [9.17, 15) is 9.59 Å². The van der Waals surface area contributed by atoms with Crippen molar-refractivity contribution in [2.24, 2.45) is 0 Å². The third-order valence-corrected chi connectivity index (χ3v) is 4.23. The van der Waals surface area contributed by atoms with Gasteiger partial charge in [-0.15, -0.1) is 0 Å². The van der Waals surface area contributed by atoms with Gasteiger partial charge in [-0.05, 0) is 19.3 Å². The van der Waals surface area contributed by atoms with E-state index in [4.69, 9.17) is 14.4 Å². The molecule has 1 aromatic heterocycles. The van der Waals surface area contributed by atoms with Gasteiger partial charge < -0.3 is 19.3 Å². The summed E-state index contributed by atoms with van der Waals surface area (Å²) in [4.78, 5) is 25.1. The number of aromatic nitrogens is 1. The van der Waals surface area contributed by atoms with Gasteiger partial charge >= 0.3 is 5.97 Å². The number of rotatable bonds is 3. The van der Waals surface area contributed by atoms with Gasteiger partial charge in [-0.25, -0.2) is 0 Å². The first kappa shape index (κ1) is 15.0. The lowest BCUT2D eigenvalue weighted by molar-refractivity contribution is -0.141. The van der Waals surface area contributed by atoms with E-state index < -0.39 is 12.1 Å². The molecule has 1 aromatic rings. The highest BCUT2D eigenvalue weighted by molar-refractivity contribution is 5.94. The predicted molar refractivity (Wildman–Crippen MR) is 75.7 cm³/mol. The number of carboxylic acids is 1. The summed E-state index contributed by atoms with van der Waals surface area (Å²) in [6, 6.07) is 0. The van der Waals surface area contributed by atoms with Crippen LogP contribution in [0.1, 0.15) is 47.5 Å². The monoisotopic (exact) mass is 308 g/mol. The van der Waals surface area contributed by atoms with Gasteiger partial charge in [0.2, 0.25) is 0 Å². The standard InChI is InChI=1S/C15H20N2O5/c18-13(19)8-10-9-17(6-7-21-10)15(20)14-11-4-2-1-3-5-12(11)22-16-14/h10H,1-9H2,(H,18,19). The normalized spacial score (nSPS) is 22.0. The number of aliphatic carboxylic acids is 1. The lowest BCUT2D eigenvalue weighted by Crippen LogP contribution is -2.46. The number of hydrogen-bond donors (Lipinski definition) is 1. The molecular weight excluding hydrogens is 288 g/mol. The van der Waals surface area contributed by atoms with Crippen LogP contribution in [0, 0.1) is 0 Å². The Morgan fingerprint density at radius 3 is 2.91 bits per heavy atom. The largest absolute Gasteiger partial charge is 0.481 e. The molecule has 1 saturated heterocycles. The van der Waals surface area contributed by atoms with Crippen LogP contribution in [0.4, 0.5) is 0 Å². The van der Waals surface area contributed by atoms with E-state index in [1.807, 2.05) is 0 Å². The fraction of sp³-hybridized carbons (Fsp3) is 0.667. The Morgan fingerprint density at radius 2 is 2.09 bits per heavy atom. The third kappa shape index (κ3) is 3.14. The molecule has 0 bridgehead atoms. The molecule has 3 rings (SSSR count). The number of fused-ring (bicyclic) bond motifs is 1. The van der Waals surface area contributed by atoms with E-state index in [1.165, 1.54) is 0 Å². The minimum absolute atomic E-state index is 0.0965. The second-order valence-corrected chi connectivity index (χ2v) is 5.84. The quantitative estimate of drug-likeness (QED) is 0.845. The molecule has 7 nitrogen and oxygen atoms in total. The Balaban J connectivity index is 1.73. The van der Waals surface area contributed by atoms with Crippen molar-refractivity contribution < 1.29 is 24.0 Å². The first-order valence-electron chi connectivity index (χ1n) is 7.75. The maximum atomic E-state index is 12.7. The highest BCUT2D eigenvalue weighted by Gasteiger charge is 2.31. The highest BCUT2D eigenvalue weighted by Crippen LogP contribution is 2.25. The second-order valence-electron chi connectivity index (χ2n) is 5.84. The van der Waals surface area contributed by atoms with Gasteiger partial charge in [-0.2, -0.15) is 0 Å². The van der Waals surface area contributed by atoms with E-state index in [-0.39, 0.29) is 18.9 Å². The molecule has 1 amide bonds. The Hall–Kier alpha value is -1.89. The lowest BCUT2D eigenvalue weighted by atomic mass is 10.1. The average Bonchev–Trinajstić information content (AvgIpc) is 2.74. The number of hydrogen-bond acceptors (Lipinski definition) is 5. The molecule has 1 aliphatic heterocycles. The van der Waals surface area contributed by atoms with Crippen LogP contribution in [0.15, 0.2) is 4.52 Å². The van der Waals surface area contributed by atoms with Gasteiger partial charge in [-0.3, -0.25) is 9.59 Å². The zero-order valence-electron chi connectivity index (χ0n) is 12.4. The van der Waals surface area contributed by atoms with Gasteiger partial charge in [0.25, 0.3) is 5.91 Å². The molecule has 0 saturated carbocycles. The number of ether oxygens (including phenoxy) is 1. The Bertz CT molecular complexity index is 568. The molecule has 22 heavy (non-hydrogen) atoms. The molecule has 7 heteroatoms. The molecule has 1 unspecified atom stereocenters. The maximum Gasteiger partial charge on any atom is 0.306 e. The number of morpholine rings is 1. The number of carbonyl (C=O) groups excluding carboxylic acids is 1. The number of amides is 1. The van der Waals surface area contributed by atoms with Crippen molar-refractivity contribution in [1.82, 2.24) is 10.1 Å². The smallest absolute Gasteiger partial charge is 0.306 e. The molecule has 2 aliphatic rings. The fourth-order valence-electron chi connectivity index (χ4n) is 3.10.